The molecule has 0 aromatic heterocycles. The van der Waals surface area contributed by atoms with E-state index in [-0.39, 0.29) is 0 Å². The van der Waals surface area contributed by atoms with Crippen LogP contribution in [-0.2, 0) is 0 Å². The van der Waals surface area contributed by atoms with Gasteiger partial charge in [0, 0.05) is 17.1 Å². The summed E-state index contributed by atoms with van der Waals surface area (Å²) in [5, 5.41) is 0.852. The lowest BCUT2D eigenvalue weighted by atomic mass is 9.92. The van der Waals surface area contributed by atoms with Gasteiger partial charge in [-0.1, -0.05) is 23.7 Å². The maximum absolute atomic E-state index is 6.17. The van der Waals surface area contributed by atoms with Crippen molar-refractivity contribution >= 4 is 11.6 Å². The second kappa shape index (κ2) is 4.74. The van der Waals surface area contributed by atoms with Gasteiger partial charge in [-0.3, -0.25) is 4.90 Å². The van der Waals surface area contributed by atoms with E-state index in [0.717, 1.165) is 30.0 Å². The number of hydrogen-bond donors (Lipinski definition) is 1. The first-order chi connectivity index (χ1) is 7.58. The van der Waals surface area contributed by atoms with Crippen LogP contribution in [0.2, 0.25) is 5.02 Å². The summed E-state index contributed by atoms with van der Waals surface area (Å²) in [4.78, 5) is 2.37. The normalized spacial score (nSPS) is 27.0. The Kier molecular flexibility index (Phi) is 3.53. The molecule has 2 rings (SSSR count). The van der Waals surface area contributed by atoms with Gasteiger partial charge >= 0.3 is 0 Å². The van der Waals surface area contributed by atoms with Crippen LogP contribution < -0.4 is 5.73 Å². The van der Waals surface area contributed by atoms with Crippen molar-refractivity contribution in [3.63, 3.8) is 0 Å². The van der Waals surface area contributed by atoms with E-state index in [2.05, 4.69) is 30.1 Å². The second-order valence-corrected chi connectivity index (χ2v) is 5.20. The molecule has 0 aliphatic carbocycles. The van der Waals surface area contributed by atoms with Crippen LogP contribution >= 0.6 is 11.6 Å². The van der Waals surface area contributed by atoms with Gasteiger partial charge in [-0.2, -0.15) is 0 Å². The Morgan fingerprint density at radius 2 is 2.19 bits per heavy atom. The monoisotopic (exact) mass is 238 g/mol. The van der Waals surface area contributed by atoms with Crippen molar-refractivity contribution < 1.29 is 0 Å². The zero-order valence-electron chi connectivity index (χ0n) is 9.91. The molecule has 0 bridgehead atoms. The van der Waals surface area contributed by atoms with E-state index < -0.39 is 0 Å². The van der Waals surface area contributed by atoms with Gasteiger partial charge in [0.15, 0.2) is 0 Å². The summed E-state index contributed by atoms with van der Waals surface area (Å²) in [6.07, 6.45) is 2.11. The number of piperidine rings is 1. The van der Waals surface area contributed by atoms with Gasteiger partial charge in [0.25, 0.3) is 0 Å². The highest BCUT2D eigenvalue weighted by molar-refractivity contribution is 6.31. The topological polar surface area (TPSA) is 29.3 Å². The highest BCUT2D eigenvalue weighted by Gasteiger charge is 2.25. The van der Waals surface area contributed by atoms with E-state index in [1.165, 1.54) is 5.56 Å². The van der Waals surface area contributed by atoms with Crippen molar-refractivity contribution in [3.8, 4) is 0 Å². The van der Waals surface area contributed by atoms with E-state index in [0.29, 0.717) is 12.1 Å². The molecule has 2 unspecified atom stereocenters. The van der Waals surface area contributed by atoms with Crippen LogP contribution in [0, 0.1) is 6.92 Å². The molecule has 1 aliphatic heterocycles. The molecule has 16 heavy (non-hydrogen) atoms. The van der Waals surface area contributed by atoms with Crippen LogP contribution in [0.25, 0.3) is 0 Å². The molecule has 1 aromatic rings. The van der Waals surface area contributed by atoms with Crippen LogP contribution in [0.15, 0.2) is 18.2 Å². The number of likely N-dealkylation sites (tertiary alicyclic amines) is 1. The summed E-state index contributed by atoms with van der Waals surface area (Å²) in [6, 6.07) is 7.07. The number of benzene rings is 1. The highest BCUT2D eigenvalue weighted by atomic mass is 35.5. The molecule has 0 saturated carbocycles. The molecule has 2 N–H and O–H groups in total. The maximum Gasteiger partial charge on any atom is 0.0438 e. The zero-order valence-corrected chi connectivity index (χ0v) is 10.7. The fraction of sp³-hybridized carbons (Fsp3) is 0.538. The lowest BCUT2D eigenvalue weighted by Gasteiger charge is -2.36. The van der Waals surface area contributed by atoms with Crippen LogP contribution in [0.3, 0.4) is 0 Å². The number of rotatable bonds is 1. The molecule has 2 atom stereocenters. The van der Waals surface area contributed by atoms with Crippen LogP contribution in [0.4, 0.5) is 0 Å². The molecular weight excluding hydrogens is 220 g/mol. The summed E-state index contributed by atoms with van der Waals surface area (Å²) < 4.78 is 0. The first-order valence-electron chi connectivity index (χ1n) is 5.80. The van der Waals surface area contributed by atoms with Crippen molar-refractivity contribution in [1.82, 2.24) is 4.90 Å². The number of aryl methyl sites for hydroxylation is 1. The summed E-state index contributed by atoms with van der Waals surface area (Å²) >= 11 is 6.17. The molecule has 1 aliphatic rings. The van der Waals surface area contributed by atoms with Crippen LogP contribution in [0.5, 0.6) is 0 Å². The Morgan fingerprint density at radius 1 is 1.44 bits per heavy atom. The largest absolute Gasteiger partial charge is 0.328 e. The minimum Gasteiger partial charge on any atom is -0.328 e. The van der Waals surface area contributed by atoms with Crippen molar-refractivity contribution in [2.75, 3.05) is 13.6 Å². The molecule has 3 heteroatoms. The predicted octanol–water partition coefficient (Wildman–Crippen LogP) is 2.74. The van der Waals surface area contributed by atoms with Crippen LogP contribution in [-0.4, -0.2) is 24.5 Å². The quantitative estimate of drug-likeness (QED) is 0.815. The molecule has 1 aromatic carbocycles. The van der Waals surface area contributed by atoms with Gasteiger partial charge in [-0.25, -0.2) is 0 Å². The van der Waals surface area contributed by atoms with E-state index in [1.54, 1.807) is 0 Å². The smallest absolute Gasteiger partial charge is 0.0438 e. The summed E-state index contributed by atoms with van der Waals surface area (Å²) in [7, 11) is 2.16. The number of halogens is 1. The Morgan fingerprint density at radius 3 is 2.88 bits per heavy atom. The first-order valence-corrected chi connectivity index (χ1v) is 6.17. The van der Waals surface area contributed by atoms with Crippen molar-refractivity contribution in [2.45, 2.75) is 31.8 Å². The molecule has 2 nitrogen and oxygen atoms in total. The van der Waals surface area contributed by atoms with Crippen molar-refractivity contribution in [3.05, 3.63) is 34.3 Å². The lowest BCUT2D eigenvalue weighted by Crippen LogP contribution is -2.39. The average Bonchev–Trinajstić information content (AvgIpc) is 2.26. The maximum atomic E-state index is 6.17. The molecule has 1 heterocycles. The summed E-state index contributed by atoms with van der Waals surface area (Å²) in [6.45, 7) is 3.10. The number of nitrogens with two attached hydrogens (primary N) is 1. The lowest BCUT2D eigenvalue weighted by molar-refractivity contribution is 0.171. The average molecular weight is 239 g/mol. The third kappa shape index (κ3) is 2.40. The van der Waals surface area contributed by atoms with Gasteiger partial charge in [-0.15, -0.1) is 0 Å². The number of nitrogens with zero attached hydrogens (tertiary/aromatic N) is 1. The van der Waals surface area contributed by atoms with E-state index in [9.17, 15) is 0 Å². The molecular formula is C13H19ClN2. The van der Waals surface area contributed by atoms with Gasteiger partial charge < -0.3 is 5.73 Å². The third-order valence-electron chi connectivity index (χ3n) is 3.49. The standard InChI is InChI=1S/C13H19ClN2/c1-9-3-4-10(7-12(9)14)13-8-11(15)5-6-16(13)2/h3-4,7,11,13H,5-6,8,15H2,1-2H3. The van der Waals surface area contributed by atoms with Gasteiger partial charge in [-0.05, 0) is 50.6 Å². The zero-order chi connectivity index (χ0) is 11.7. The molecule has 0 spiro atoms. The molecule has 88 valence electrons. The fourth-order valence-electron chi connectivity index (χ4n) is 2.32. The van der Waals surface area contributed by atoms with Gasteiger partial charge in [0.1, 0.15) is 0 Å². The fourth-order valence-corrected chi connectivity index (χ4v) is 2.51. The minimum absolute atomic E-state index is 0.321. The molecule has 0 amide bonds. The predicted molar refractivity (Wildman–Crippen MR) is 68.8 cm³/mol. The summed E-state index contributed by atoms with van der Waals surface area (Å²) in [5.41, 5.74) is 8.45. The Hall–Kier alpha value is -0.570. The van der Waals surface area contributed by atoms with E-state index in [1.807, 2.05) is 6.92 Å². The van der Waals surface area contributed by atoms with E-state index in [4.69, 9.17) is 17.3 Å². The van der Waals surface area contributed by atoms with Crippen molar-refractivity contribution in [2.24, 2.45) is 5.73 Å². The Balaban J connectivity index is 2.24. The first kappa shape index (κ1) is 11.9. The highest BCUT2D eigenvalue weighted by Crippen LogP contribution is 2.31. The van der Waals surface area contributed by atoms with E-state index >= 15 is 0 Å². The molecule has 0 radical (unpaired) electrons. The van der Waals surface area contributed by atoms with Crippen molar-refractivity contribution in [1.29, 1.82) is 0 Å². The minimum atomic E-state index is 0.321. The SMILES string of the molecule is Cc1ccc(C2CC(N)CCN2C)cc1Cl. The molecule has 1 fully saturated rings. The Bertz CT molecular complexity index is 378. The van der Waals surface area contributed by atoms with Crippen LogP contribution in [0.1, 0.15) is 30.0 Å². The summed E-state index contributed by atoms with van der Waals surface area (Å²) in [5.74, 6) is 0. The molecule has 1 saturated heterocycles. The van der Waals surface area contributed by atoms with Gasteiger partial charge in [0.2, 0.25) is 0 Å². The Labute approximate surface area is 102 Å². The third-order valence-corrected chi connectivity index (χ3v) is 3.90. The second-order valence-electron chi connectivity index (χ2n) is 4.79. The number of hydrogen-bond acceptors (Lipinski definition) is 2. The van der Waals surface area contributed by atoms with Gasteiger partial charge in [0.05, 0.1) is 0 Å².